The lowest BCUT2D eigenvalue weighted by Crippen LogP contribution is -2.13. The lowest BCUT2D eigenvalue weighted by Gasteiger charge is -2.12. The fraction of sp³-hybridized carbons (Fsp3) is 0.231. The molecule has 6 heteroatoms. The summed E-state index contributed by atoms with van der Waals surface area (Å²) in [6.45, 7) is 3.93. The van der Waals surface area contributed by atoms with Crippen molar-refractivity contribution in [3.05, 3.63) is 39.5 Å². The molecular weight excluding hydrogens is 324 g/mol. The topological polar surface area (TPSA) is 55.9 Å². The zero-order valence-electron chi connectivity index (χ0n) is 11.0. The Hall–Kier alpha value is -1.40. The number of hydrogen-bond acceptors (Lipinski definition) is 3. The van der Waals surface area contributed by atoms with E-state index in [2.05, 4.69) is 26.3 Å². The molecule has 4 nitrogen and oxygen atoms in total. The number of nitrogens with zero attached hydrogens (tertiary/aromatic N) is 2. The van der Waals surface area contributed by atoms with Gasteiger partial charge in [0.2, 0.25) is 0 Å². The Bertz CT molecular complexity index is 648. The second-order valence-electron chi connectivity index (χ2n) is 4.36. The molecule has 0 saturated heterocycles. The monoisotopic (exact) mass is 338 g/mol. The van der Waals surface area contributed by atoms with Crippen LogP contribution in [0, 0.1) is 13.8 Å². The van der Waals surface area contributed by atoms with Crippen molar-refractivity contribution in [2.75, 3.05) is 5.32 Å². The van der Waals surface area contributed by atoms with Gasteiger partial charge < -0.3 is 11.1 Å². The first kappa shape index (κ1) is 14.0. The maximum absolute atomic E-state index is 5.78. The van der Waals surface area contributed by atoms with Crippen molar-refractivity contribution < 1.29 is 0 Å². The molecule has 3 N–H and O–H groups in total. The Morgan fingerprint density at radius 1 is 1.42 bits per heavy atom. The van der Waals surface area contributed by atoms with Gasteiger partial charge in [0.1, 0.15) is 10.8 Å². The molecule has 0 amide bonds. The maximum Gasteiger partial charge on any atom is 0.138 e. The van der Waals surface area contributed by atoms with Gasteiger partial charge in [-0.05, 0) is 41.4 Å². The number of rotatable bonds is 3. The minimum Gasteiger partial charge on any atom is -0.389 e. The zero-order chi connectivity index (χ0) is 14.2. The van der Waals surface area contributed by atoms with Crippen molar-refractivity contribution in [3.8, 4) is 0 Å². The largest absolute Gasteiger partial charge is 0.389 e. The molecule has 19 heavy (non-hydrogen) atoms. The third-order valence-corrected chi connectivity index (χ3v) is 4.17. The average Bonchev–Trinajstić information content (AvgIpc) is 2.60. The Morgan fingerprint density at radius 2 is 2.11 bits per heavy atom. The first-order chi connectivity index (χ1) is 8.91. The maximum atomic E-state index is 5.78. The van der Waals surface area contributed by atoms with Gasteiger partial charge in [-0.1, -0.05) is 24.4 Å². The average molecular weight is 339 g/mol. The van der Waals surface area contributed by atoms with Gasteiger partial charge in [-0.25, -0.2) is 0 Å². The standard InChI is InChI=1S/C13H15BrN4S/c1-7-5-4-6-9(11(7)14)16-13-10(12(15)19)8(2)17-18(13)3/h4-6,16H,1-3H3,(H2,15,19). The summed E-state index contributed by atoms with van der Waals surface area (Å²) in [5.74, 6) is 0.802. The second kappa shape index (κ2) is 5.30. The molecule has 0 aliphatic rings. The minimum absolute atomic E-state index is 0.344. The molecular formula is C13H15BrN4S. The van der Waals surface area contributed by atoms with E-state index in [0.29, 0.717) is 4.99 Å². The molecule has 2 rings (SSSR count). The number of aromatic nitrogens is 2. The molecule has 0 atom stereocenters. The third kappa shape index (κ3) is 2.64. The van der Waals surface area contributed by atoms with E-state index in [-0.39, 0.29) is 0 Å². The lowest BCUT2D eigenvalue weighted by molar-refractivity contribution is 0.765. The van der Waals surface area contributed by atoms with Crippen molar-refractivity contribution in [1.82, 2.24) is 9.78 Å². The number of nitrogens with one attached hydrogen (secondary N) is 1. The zero-order valence-corrected chi connectivity index (χ0v) is 13.4. The van der Waals surface area contributed by atoms with E-state index in [1.54, 1.807) is 4.68 Å². The van der Waals surface area contributed by atoms with Crippen LogP contribution >= 0.6 is 28.1 Å². The van der Waals surface area contributed by atoms with Gasteiger partial charge in [0.15, 0.2) is 0 Å². The van der Waals surface area contributed by atoms with Crippen molar-refractivity contribution in [2.24, 2.45) is 12.8 Å². The van der Waals surface area contributed by atoms with E-state index >= 15 is 0 Å². The number of aryl methyl sites for hydroxylation is 3. The Labute approximate surface area is 126 Å². The van der Waals surface area contributed by atoms with Crippen molar-refractivity contribution in [3.63, 3.8) is 0 Å². The lowest BCUT2D eigenvalue weighted by atomic mass is 10.2. The summed E-state index contributed by atoms with van der Waals surface area (Å²) in [5.41, 5.74) is 9.49. The number of hydrogen-bond donors (Lipinski definition) is 2. The summed E-state index contributed by atoms with van der Waals surface area (Å²) in [4.78, 5) is 0.344. The van der Waals surface area contributed by atoms with E-state index in [1.165, 1.54) is 0 Å². The molecule has 0 fully saturated rings. The molecule has 100 valence electrons. The smallest absolute Gasteiger partial charge is 0.138 e. The minimum atomic E-state index is 0.344. The summed E-state index contributed by atoms with van der Waals surface area (Å²) >= 11 is 8.67. The van der Waals surface area contributed by atoms with Gasteiger partial charge in [0.25, 0.3) is 0 Å². The van der Waals surface area contributed by atoms with Crippen LogP contribution in [0.25, 0.3) is 0 Å². The van der Waals surface area contributed by atoms with Crippen LogP contribution in [0.4, 0.5) is 11.5 Å². The number of benzene rings is 1. The van der Waals surface area contributed by atoms with Gasteiger partial charge in [-0.3, -0.25) is 4.68 Å². The highest BCUT2D eigenvalue weighted by Gasteiger charge is 2.16. The molecule has 1 aromatic heterocycles. The third-order valence-electron chi connectivity index (χ3n) is 2.91. The fourth-order valence-corrected chi connectivity index (χ4v) is 2.58. The van der Waals surface area contributed by atoms with E-state index < -0.39 is 0 Å². The highest BCUT2D eigenvalue weighted by Crippen LogP contribution is 2.30. The van der Waals surface area contributed by atoms with E-state index in [0.717, 1.165) is 32.8 Å². The molecule has 0 unspecified atom stereocenters. The summed E-state index contributed by atoms with van der Waals surface area (Å²) in [5, 5.41) is 7.69. The summed E-state index contributed by atoms with van der Waals surface area (Å²) in [6.07, 6.45) is 0. The van der Waals surface area contributed by atoms with Crippen LogP contribution in [0.15, 0.2) is 22.7 Å². The van der Waals surface area contributed by atoms with Gasteiger partial charge in [0, 0.05) is 11.5 Å². The number of halogens is 1. The molecule has 0 bridgehead atoms. The predicted octanol–water partition coefficient (Wildman–Crippen LogP) is 3.18. The van der Waals surface area contributed by atoms with E-state index in [4.69, 9.17) is 18.0 Å². The molecule has 1 heterocycles. The van der Waals surface area contributed by atoms with Crippen LogP contribution in [0.3, 0.4) is 0 Å². The number of nitrogens with two attached hydrogens (primary N) is 1. The molecule has 1 aromatic carbocycles. The SMILES string of the molecule is Cc1cccc(Nc2c(C(N)=S)c(C)nn2C)c1Br. The number of thiocarbonyl (C=S) groups is 1. The van der Waals surface area contributed by atoms with Crippen molar-refractivity contribution in [1.29, 1.82) is 0 Å². The van der Waals surface area contributed by atoms with Crippen LogP contribution in [0.1, 0.15) is 16.8 Å². The van der Waals surface area contributed by atoms with Gasteiger partial charge in [-0.15, -0.1) is 0 Å². The first-order valence-corrected chi connectivity index (χ1v) is 6.97. The Morgan fingerprint density at radius 3 is 2.74 bits per heavy atom. The summed E-state index contributed by atoms with van der Waals surface area (Å²) < 4.78 is 2.77. The highest BCUT2D eigenvalue weighted by molar-refractivity contribution is 9.10. The summed E-state index contributed by atoms with van der Waals surface area (Å²) in [6, 6.07) is 6.02. The quantitative estimate of drug-likeness (QED) is 0.844. The van der Waals surface area contributed by atoms with Crippen molar-refractivity contribution in [2.45, 2.75) is 13.8 Å². The Balaban J connectivity index is 2.49. The highest BCUT2D eigenvalue weighted by atomic mass is 79.9. The molecule has 0 aliphatic heterocycles. The number of anilines is 2. The Kier molecular flexibility index (Phi) is 3.91. The van der Waals surface area contributed by atoms with E-state index in [1.807, 2.05) is 39.1 Å². The van der Waals surface area contributed by atoms with Crippen LogP contribution in [-0.2, 0) is 7.05 Å². The molecule has 0 spiro atoms. The van der Waals surface area contributed by atoms with Gasteiger partial charge in [0.05, 0.1) is 16.9 Å². The van der Waals surface area contributed by atoms with Crippen LogP contribution in [0.5, 0.6) is 0 Å². The van der Waals surface area contributed by atoms with Gasteiger partial charge >= 0.3 is 0 Å². The fourth-order valence-electron chi connectivity index (χ4n) is 1.97. The molecule has 0 saturated carbocycles. The normalized spacial score (nSPS) is 10.5. The summed E-state index contributed by atoms with van der Waals surface area (Å²) in [7, 11) is 1.86. The predicted molar refractivity (Wildman–Crippen MR) is 86.0 cm³/mol. The van der Waals surface area contributed by atoms with Crippen molar-refractivity contribution >= 4 is 44.6 Å². The molecule has 0 aliphatic carbocycles. The first-order valence-electron chi connectivity index (χ1n) is 5.77. The van der Waals surface area contributed by atoms with Crippen LogP contribution in [-0.4, -0.2) is 14.8 Å². The van der Waals surface area contributed by atoms with E-state index in [9.17, 15) is 0 Å². The molecule has 0 radical (unpaired) electrons. The molecule has 2 aromatic rings. The van der Waals surface area contributed by atoms with Crippen LogP contribution < -0.4 is 11.1 Å². The van der Waals surface area contributed by atoms with Gasteiger partial charge in [-0.2, -0.15) is 5.10 Å². The second-order valence-corrected chi connectivity index (χ2v) is 5.59. The van der Waals surface area contributed by atoms with Crippen LogP contribution in [0.2, 0.25) is 0 Å².